The van der Waals surface area contributed by atoms with Crippen molar-refractivity contribution in [2.45, 2.75) is 37.9 Å². The van der Waals surface area contributed by atoms with Crippen molar-refractivity contribution >= 4 is 40.1 Å². The van der Waals surface area contributed by atoms with Gasteiger partial charge < -0.3 is 15.4 Å². The van der Waals surface area contributed by atoms with E-state index in [9.17, 15) is 22.8 Å². The Morgan fingerprint density at radius 2 is 1.71 bits per heavy atom. The number of benzene rings is 2. The van der Waals surface area contributed by atoms with Gasteiger partial charge in [-0.1, -0.05) is 11.6 Å². The Bertz CT molecular complexity index is 1210. The summed E-state index contributed by atoms with van der Waals surface area (Å²) in [6, 6.07) is 13.0. The highest BCUT2D eigenvalue weighted by atomic mass is 35.5. The van der Waals surface area contributed by atoms with E-state index in [-0.39, 0.29) is 36.1 Å². The first-order valence-corrected chi connectivity index (χ1v) is 11.5. The molecule has 1 aromatic heterocycles. The average molecular weight is 506 g/mol. The molecule has 184 valence electrons. The van der Waals surface area contributed by atoms with Crippen molar-refractivity contribution in [3.63, 3.8) is 0 Å². The standard InChI is InChI=1S/C25H23ClF3N3O3/c26-18-6-11-21-16(13-18)3-12-22(31-21)32-24(34)15-1-7-19(8-2-15)30-23(33)14-35-20-9-4-17(5-10-20)25(27,28)29/h3-6,9-13,15,19H,1-2,7-8,14H2,(H,30,33)(H,31,32,34). The number of nitrogens with zero attached hydrogens (tertiary/aromatic N) is 1. The second kappa shape index (κ2) is 10.5. The Morgan fingerprint density at radius 1 is 1.00 bits per heavy atom. The number of carbonyl (C=O) groups is 2. The van der Waals surface area contributed by atoms with Gasteiger partial charge in [0.25, 0.3) is 5.91 Å². The van der Waals surface area contributed by atoms with E-state index in [1.807, 2.05) is 6.07 Å². The third-order valence-electron chi connectivity index (χ3n) is 5.92. The molecule has 35 heavy (non-hydrogen) atoms. The number of halogens is 4. The molecule has 0 bridgehead atoms. The fourth-order valence-corrected chi connectivity index (χ4v) is 4.23. The predicted octanol–water partition coefficient (Wildman–Crippen LogP) is 5.60. The molecule has 1 heterocycles. The minimum atomic E-state index is -4.42. The number of pyridine rings is 1. The molecule has 1 saturated carbocycles. The van der Waals surface area contributed by atoms with Crippen LogP contribution < -0.4 is 15.4 Å². The summed E-state index contributed by atoms with van der Waals surface area (Å²) in [7, 11) is 0. The number of hydrogen-bond donors (Lipinski definition) is 2. The van der Waals surface area contributed by atoms with E-state index in [1.165, 1.54) is 12.1 Å². The minimum Gasteiger partial charge on any atom is -0.484 e. The van der Waals surface area contributed by atoms with Gasteiger partial charge in [-0.25, -0.2) is 4.98 Å². The van der Waals surface area contributed by atoms with Crippen LogP contribution in [0.3, 0.4) is 0 Å². The van der Waals surface area contributed by atoms with Crippen molar-refractivity contribution in [1.29, 1.82) is 0 Å². The summed E-state index contributed by atoms with van der Waals surface area (Å²) < 4.78 is 43.1. The maximum absolute atomic E-state index is 12.7. The highest BCUT2D eigenvalue weighted by Crippen LogP contribution is 2.30. The second-order valence-electron chi connectivity index (χ2n) is 8.45. The van der Waals surface area contributed by atoms with Gasteiger partial charge in [0.2, 0.25) is 5.91 Å². The Kier molecular flexibility index (Phi) is 7.45. The minimum absolute atomic E-state index is 0.0914. The summed E-state index contributed by atoms with van der Waals surface area (Å²) in [5, 5.41) is 7.22. The molecular weight excluding hydrogens is 483 g/mol. The molecule has 1 aliphatic rings. The van der Waals surface area contributed by atoms with E-state index in [4.69, 9.17) is 16.3 Å². The number of nitrogens with one attached hydrogen (secondary N) is 2. The fourth-order valence-electron chi connectivity index (χ4n) is 4.05. The lowest BCUT2D eigenvalue weighted by molar-refractivity contribution is -0.137. The molecular formula is C25H23ClF3N3O3. The van der Waals surface area contributed by atoms with Gasteiger partial charge >= 0.3 is 6.18 Å². The topological polar surface area (TPSA) is 80.3 Å². The quantitative estimate of drug-likeness (QED) is 0.457. The first-order valence-electron chi connectivity index (χ1n) is 11.1. The monoisotopic (exact) mass is 505 g/mol. The average Bonchev–Trinajstić information content (AvgIpc) is 2.83. The third-order valence-corrected chi connectivity index (χ3v) is 6.15. The molecule has 0 atom stereocenters. The summed E-state index contributed by atoms with van der Waals surface area (Å²) in [5.74, 6) is -0.00616. The number of ether oxygens (including phenoxy) is 1. The van der Waals surface area contributed by atoms with Crippen molar-refractivity contribution in [3.05, 3.63) is 65.2 Å². The summed E-state index contributed by atoms with van der Waals surface area (Å²) in [6.07, 6.45) is -1.94. The van der Waals surface area contributed by atoms with Crippen LogP contribution in [-0.4, -0.2) is 29.4 Å². The summed E-state index contributed by atoms with van der Waals surface area (Å²) >= 11 is 5.99. The Hall–Kier alpha value is -3.33. The molecule has 2 amide bonds. The molecule has 4 rings (SSSR count). The Morgan fingerprint density at radius 3 is 2.40 bits per heavy atom. The fraction of sp³-hybridized carbons (Fsp3) is 0.320. The number of fused-ring (bicyclic) bond motifs is 1. The lowest BCUT2D eigenvalue weighted by atomic mass is 9.85. The smallest absolute Gasteiger partial charge is 0.416 e. The number of amides is 2. The molecule has 1 aliphatic carbocycles. The molecule has 0 saturated heterocycles. The highest BCUT2D eigenvalue weighted by Gasteiger charge is 2.30. The third kappa shape index (κ3) is 6.63. The van der Waals surface area contributed by atoms with Gasteiger partial charge in [0, 0.05) is 22.4 Å². The van der Waals surface area contributed by atoms with Crippen LogP contribution in [0.5, 0.6) is 5.75 Å². The van der Waals surface area contributed by atoms with Crippen molar-refractivity contribution < 1.29 is 27.5 Å². The molecule has 0 radical (unpaired) electrons. The maximum atomic E-state index is 12.7. The number of anilines is 1. The van der Waals surface area contributed by atoms with Crippen LogP contribution in [0.2, 0.25) is 5.02 Å². The zero-order chi connectivity index (χ0) is 25.0. The van der Waals surface area contributed by atoms with E-state index < -0.39 is 11.7 Å². The number of carbonyl (C=O) groups excluding carboxylic acids is 2. The Balaban J connectivity index is 1.21. The van der Waals surface area contributed by atoms with Gasteiger partial charge in [0.15, 0.2) is 6.61 Å². The zero-order valence-electron chi connectivity index (χ0n) is 18.6. The van der Waals surface area contributed by atoms with Crippen LogP contribution in [0.1, 0.15) is 31.2 Å². The van der Waals surface area contributed by atoms with Gasteiger partial charge in [-0.3, -0.25) is 9.59 Å². The molecule has 1 fully saturated rings. The molecule has 6 nitrogen and oxygen atoms in total. The van der Waals surface area contributed by atoms with Crippen LogP contribution in [0, 0.1) is 5.92 Å². The zero-order valence-corrected chi connectivity index (χ0v) is 19.3. The molecule has 3 aromatic rings. The lowest BCUT2D eigenvalue weighted by Crippen LogP contribution is -2.41. The first kappa shape index (κ1) is 24.8. The van der Waals surface area contributed by atoms with E-state index in [0.29, 0.717) is 36.5 Å². The van der Waals surface area contributed by atoms with Gasteiger partial charge in [-0.2, -0.15) is 13.2 Å². The molecule has 0 unspecified atom stereocenters. The number of aromatic nitrogens is 1. The molecule has 0 spiro atoms. The van der Waals surface area contributed by atoms with Crippen molar-refractivity contribution in [1.82, 2.24) is 10.3 Å². The largest absolute Gasteiger partial charge is 0.484 e. The maximum Gasteiger partial charge on any atom is 0.416 e. The van der Waals surface area contributed by atoms with Crippen LogP contribution in [-0.2, 0) is 15.8 Å². The highest BCUT2D eigenvalue weighted by molar-refractivity contribution is 6.31. The summed E-state index contributed by atoms with van der Waals surface area (Å²) in [4.78, 5) is 29.3. The van der Waals surface area contributed by atoms with E-state index in [1.54, 1.807) is 24.3 Å². The number of alkyl halides is 3. The lowest BCUT2D eigenvalue weighted by Gasteiger charge is -2.28. The van der Waals surface area contributed by atoms with Crippen LogP contribution in [0.25, 0.3) is 10.9 Å². The molecule has 2 aromatic carbocycles. The van der Waals surface area contributed by atoms with E-state index in [0.717, 1.165) is 23.0 Å². The van der Waals surface area contributed by atoms with Crippen molar-refractivity contribution in [2.24, 2.45) is 5.92 Å². The molecule has 2 N–H and O–H groups in total. The predicted molar refractivity (Wildman–Crippen MR) is 126 cm³/mol. The number of rotatable bonds is 6. The van der Waals surface area contributed by atoms with Gasteiger partial charge in [-0.05, 0) is 80.3 Å². The SMILES string of the molecule is O=C(COc1ccc(C(F)(F)F)cc1)NC1CCC(C(=O)Nc2ccc3cc(Cl)ccc3n2)CC1. The number of hydrogen-bond acceptors (Lipinski definition) is 4. The normalized spacial score (nSPS) is 18.2. The van der Waals surface area contributed by atoms with Crippen molar-refractivity contribution in [3.8, 4) is 5.75 Å². The van der Waals surface area contributed by atoms with Gasteiger partial charge in [-0.15, -0.1) is 0 Å². The van der Waals surface area contributed by atoms with E-state index in [2.05, 4.69) is 15.6 Å². The molecule has 0 aliphatic heterocycles. The summed E-state index contributed by atoms with van der Waals surface area (Å²) in [6.45, 7) is -0.301. The van der Waals surface area contributed by atoms with Crippen molar-refractivity contribution in [2.75, 3.05) is 11.9 Å². The molecule has 10 heteroatoms. The summed E-state index contributed by atoms with van der Waals surface area (Å²) in [5.41, 5.74) is -0.0476. The Labute approximate surface area is 204 Å². The van der Waals surface area contributed by atoms with Crippen LogP contribution in [0.15, 0.2) is 54.6 Å². The second-order valence-corrected chi connectivity index (χ2v) is 8.89. The van der Waals surface area contributed by atoms with E-state index >= 15 is 0 Å². The van der Waals surface area contributed by atoms with Gasteiger partial charge in [0.05, 0.1) is 11.1 Å². The van der Waals surface area contributed by atoms with Gasteiger partial charge in [0.1, 0.15) is 11.6 Å². The van der Waals surface area contributed by atoms with Crippen LogP contribution >= 0.6 is 11.6 Å². The van der Waals surface area contributed by atoms with Crippen LogP contribution in [0.4, 0.5) is 19.0 Å². The first-order chi connectivity index (χ1) is 16.7.